The molecule has 1 saturated heterocycles. The lowest BCUT2D eigenvalue weighted by atomic mass is 9.91. The number of urea groups is 1. The summed E-state index contributed by atoms with van der Waals surface area (Å²) in [5, 5.41) is 12.8. The Labute approximate surface area is 129 Å². The van der Waals surface area contributed by atoms with Crippen LogP contribution in [0, 0.1) is 5.92 Å². The summed E-state index contributed by atoms with van der Waals surface area (Å²) in [6.07, 6.45) is 1.97. The number of hydrogen-bond acceptors (Lipinski definition) is 3. The fraction of sp³-hybridized carbons (Fsp3) is 0.533. The Morgan fingerprint density at radius 2 is 2.33 bits per heavy atom. The van der Waals surface area contributed by atoms with Gasteiger partial charge in [0.05, 0.1) is 30.5 Å². The number of carbonyl (C=O) groups excluding carboxylic acids is 1. The van der Waals surface area contributed by atoms with Crippen LogP contribution in [0.2, 0.25) is 5.02 Å². The summed E-state index contributed by atoms with van der Waals surface area (Å²) in [6, 6.07) is 4.81. The zero-order valence-electron chi connectivity index (χ0n) is 12.3. The average molecular weight is 313 g/mol. The molecule has 21 heavy (non-hydrogen) atoms. The molecule has 0 aromatic heterocycles. The third kappa shape index (κ3) is 3.41. The van der Waals surface area contributed by atoms with E-state index < -0.39 is 0 Å². The van der Waals surface area contributed by atoms with Gasteiger partial charge in [-0.05, 0) is 30.9 Å². The number of benzene rings is 1. The van der Waals surface area contributed by atoms with Crippen molar-refractivity contribution in [3.8, 4) is 5.75 Å². The van der Waals surface area contributed by atoms with Gasteiger partial charge in [-0.3, -0.25) is 0 Å². The molecule has 116 valence electrons. The molecular formula is C15H21ClN2O3. The fourth-order valence-electron chi connectivity index (χ4n) is 2.78. The van der Waals surface area contributed by atoms with Crippen molar-refractivity contribution in [2.75, 3.05) is 25.6 Å². The standard InChI is InChI=1S/C15H21ClN2O3/c1-10-5-4-8-18(13(10)9-19)15(20)17-12-7-3-6-11(16)14(12)21-2/h3,6-7,10,13,19H,4-5,8-9H2,1-2H3,(H,17,20)/t10-,13+/m1/s1. The molecule has 0 spiro atoms. The molecule has 0 radical (unpaired) electrons. The molecule has 2 rings (SSSR count). The monoisotopic (exact) mass is 312 g/mol. The number of piperidine rings is 1. The van der Waals surface area contributed by atoms with Gasteiger partial charge in [0.15, 0.2) is 5.75 Å². The van der Waals surface area contributed by atoms with Gasteiger partial charge in [0.2, 0.25) is 0 Å². The summed E-state index contributed by atoms with van der Waals surface area (Å²) >= 11 is 6.05. The average Bonchev–Trinajstić information content (AvgIpc) is 2.47. The number of para-hydroxylation sites is 1. The number of amides is 2. The molecule has 1 fully saturated rings. The highest BCUT2D eigenvalue weighted by molar-refractivity contribution is 6.32. The summed E-state index contributed by atoms with van der Waals surface area (Å²) in [7, 11) is 1.51. The van der Waals surface area contributed by atoms with Gasteiger partial charge in [-0.2, -0.15) is 0 Å². The first-order valence-electron chi connectivity index (χ1n) is 7.09. The lowest BCUT2D eigenvalue weighted by Crippen LogP contribution is -2.51. The van der Waals surface area contributed by atoms with E-state index in [1.54, 1.807) is 23.1 Å². The van der Waals surface area contributed by atoms with Gasteiger partial charge in [0, 0.05) is 6.54 Å². The van der Waals surface area contributed by atoms with Crippen LogP contribution in [-0.2, 0) is 0 Å². The second-order valence-corrected chi connectivity index (χ2v) is 5.72. The maximum atomic E-state index is 12.5. The van der Waals surface area contributed by atoms with Crippen LogP contribution in [-0.4, -0.2) is 42.3 Å². The highest BCUT2D eigenvalue weighted by atomic mass is 35.5. The normalized spacial score (nSPS) is 22.0. The Morgan fingerprint density at radius 1 is 1.57 bits per heavy atom. The van der Waals surface area contributed by atoms with Crippen molar-refractivity contribution in [1.82, 2.24) is 4.90 Å². The van der Waals surface area contributed by atoms with Crippen molar-refractivity contribution < 1.29 is 14.6 Å². The molecule has 2 N–H and O–H groups in total. The minimum Gasteiger partial charge on any atom is -0.493 e. The third-order valence-corrected chi connectivity index (χ3v) is 4.27. The predicted molar refractivity (Wildman–Crippen MR) is 83.0 cm³/mol. The van der Waals surface area contributed by atoms with E-state index in [1.165, 1.54) is 7.11 Å². The van der Waals surface area contributed by atoms with Crippen LogP contribution in [0.1, 0.15) is 19.8 Å². The summed E-state index contributed by atoms with van der Waals surface area (Å²) in [6.45, 7) is 2.67. The van der Waals surface area contributed by atoms with Gasteiger partial charge >= 0.3 is 6.03 Å². The van der Waals surface area contributed by atoms with E-state index in [0.29, 0.717) is 23.0 Å². The summed E-state index contributed by atoms with van der Waals surface area (Å²) < 4.78 is 5.22. The molecule has 1 aromatic rings. The van der Waals surface area contributed by atoms with E-state index >= 15 is 0 Å². The van der Waals surface area contributed by atoms with Crippen molar-refractivity contribution in [3.05, 3.63) is 23.2 Å². The number of aliphatic hydroxyl groups excluding tert-OH is 1. The molecule has 1 aliphatic heterocycles. The highest BCUT2D eigenvalue weighted by Crippen LogP contribution is 2.33. The number of rotatable bonds is 3. The second-order valence-electron chi connectivity index (χ2n) is 5.31. The molecule has 0 unspecified atom stereocenters. The SMILES string of the molecule is COc1c(Cl)cccc1NC(=O)N1CCC[C@@H](C)[C@@H]1CO. The molecular weight excluding hydrogens is 292 g/mol. The first-order valence-corrected chi connectivity index (χ1v) is 7.47. The largest absolute Gasteiger partial charge is 0.493 e. The zero-order valence-corrected chi connectivity index (χ0v) is 13.1. The Kier molecular flexibility index (Phi) is 5.31. The van der Waals surface area contributed by atoms with Gasteiger partial charge in [-0.15, -0.1) is 0 Å². The molecule has 0 saturated carbocycles. The van der Waals surface area contributed by atoms with Crippen molar-refractivity contribution >= 4 is 23.3 Å². The smallest absolute Gasteiger partial charge is 0.322 e. The summed E-state index contributed by atoms with van der Waals surface area (Å²) in [5.41, 5.74) is 0.532. The molecule has 1 heterocycles. The fourth-order valence-corrected chi connectivity index (χ4v) is 3.03. The number of anilines is 1. The number of halogens is 1. The van der Waals surface area contributed by atoms with Crippen molar-refractivity contribution in [1.29, 1.82) is 0 Å². The zero-order chi connectivity index (χ0) is 15.4. The number of carbonyl (C=O) groups is 1. The number of methoxy groups -OCH3 is 1. The molecule has 0 aliphatic carbocycles. The minimum absolute atomic E-state index is 0.0265. The third-order valence-electron chi connectivity index (χ3n) is 3.98. The van der Waals surface area contributed by atoms with Crippen LogP contribution in [0.3, 0.4) is 0 Å². The maximum Gasteiger partial charge on any atom is 0.322 e. The highest BCUT2D eigenvalue weighted by Gasteiger charge is 2.31. The Hall–Kier alpha value is -1.46. The lowest BCUT2D eigenvalue weighted by molar-refractivity contribution is 0.0811. The Balaban J connectivity index is 2.16. The van der Waals surface area contributed by atoms with Gasteiger partial charge in [-0.1, -0.05) is 24.6 Å². The Bertz CT molecular complexity index is 510. The van der Waals surface area contributed by atoms with E-state index in [9.17, 15) is 9.90 Å². The van der Waals surface area contributed by atoms with Crippen molar-refractivity contribution in [3.63, 3.8) is 0 Å². The molecule has 0 bridgehead atoms. The maximum absolute atomic E-state index is 12.5. The lowest BCUT2D eigenvalue weighted by Gasteiger charge is -2.38. The van der Waals surface area contributed by atoms with Gasteiger partial charge < -0.3 is 20.1 Å². The molecule has 2 amide bonds. The minimum atomic E-state index is -0.235. The van der Waals surface area contributed by atoms with Gasteiger partial charge in [0.25, 0.3) is 0 Å². The van der Waals surface area contributed by atoms with E-state index in [2.05, 4.69) is 12.2 Å². The van der Waals surface area contributed by atoms with E-state index in [0.717, 1.165) is 12.8 Å². The van der Waals surface area contributed by atoms with Crippen LogP contribution in [0.4, 0.5) is 10.5 Å². The van der Waals surface area contributed by atoms with Crippen LogP contribution in [0.15, 0.2) is 18.2 Å². The second kappa shape index (κ2) is 7.00. The van der Waals surface area contributed by atoms with Crippen LogP contribution in [0.5, 0.6) is 5.75 Å². The first-order chi connectivity index (χ1) is 10.1. The molecule has 6 heteroatoms. The van der Waals surface area contributed by atoms with Gasteiger partial charge in [-0.25, -0.2) is 4.79 Å². The van der Waals surface area contributed by atoms with Crippen molar-refractivity contribution in [2.24, 2.45) is 5.92 Å². The number of nitrogens with zero attached hydrogens (tertiary/aromatic N) is 1. The Morgan fingerprint density at radius 3 is 3.00 bits per heavy atom. The number of likely N-dealkylation sites (tertiary alicyclic amines) is 1. The van der Waals surface area contributed by atoms with E-state index in [4.69, 9.17) is 16.3 Å². The van der Waals surface area contributed by atoms with Gasteiger partial charge in [0.1, 0.15) is 0 Å². The molecule has 1 aromatic carbocycles. The number of nitrogens with one attached hydrogen (secondary N) is 1. The van der Waals surface area contributed by atoms with Crippen LogP contribution < -0.4 is 10.1 Å². The summed E-state index contributed by atoms with van der Waals surface area (Å²) in [4.78, 5) is 14.2. The number of hydrogen-bond donors (Lipinski definition) is 2. The predicted octanol–water partition coefficient (Wildman–Crippen LogP) is 2.97. The number of aliphatic hydroxyl groups is 1. The van der Waals surface area contributed by atoms with Crippen LogP contribution >= 0.6 is 11.6 Å². The quantitative estimate of drug-likeness (QED) is 0.902. The number of ether oxygens (including phenoxy) is 1. The van der Waals surface area contributed by atoms with Crippen molar-refractivity contribution in [2.45, 2.75) is 25.8 Å². The molecule has 5 nitrogen and oxygen atoms in total. The van der Waals surface area contributed by atoms with E-state index in [1.807, 2.05) is 0 Å². The topological polar surface area (TPSA) is 61.8 Å². The summed E-state index contributed by atoms with van der Waals surface area (Å²) in [5.74, 6) is 0.730. The van der Waals surface area contributed by atoms with Crippen LogP contribution in [0.25, 0.3) is 0 Å². The first kappa shape index (κ1) is 15.9. The molecule has 2 atom stereocenters. The molecule has 1 aliphatic rings. The van der Waals surface area contributed by atoms with E-state index in [-0.39, 0.29) is 24.6 Å².